The lowest BCUT2D eigenvalue weighted by Gasteiger charge is -2.39. The number of hydrogen-bond acceptors (Lipinski definition) is 2. The van der Waals surface area contributed by atoms with Gasteiger partial charge in [-0.1, -0.05) is 36.8 Å². The highest BCUT2D eigenvalue weighted by atomic mass is 16.1. The first-order chi connectivity index (χ1) is 8.68. The van der Waals surface area contributed by atoms with Crippen LogP contribution in [0.15, 0.2) is 30.3 Å². The summed E-state index contributed by atoms with van der Waals surface area (Å²) >= 11 is 0. The second kappa shape index (κ2) is 5.22. The molecule has 1 N–H and O–H groups in total. The van der Waals surface area contributed by atoms with Crippen molar-refractivity contribution in [3.8, 4) is 6.07 Å². The predicted molar refractivity (Wildman–Crippen MR) is 69.8 cm³/mol. The van der Waals surface area contributed by atoms with Gasteiger partial charge in [-0.3, -0.25) is 4.79 Å². The molecule has 0 unspecified atom stereocenters. The molecule has 1 fully saturated rings. The number of amides is 1. The second-order valence-corrected chi connectivity index (χ2v) is 4.97. The Bertz CT molecular complexity index is 463. The number of carbonyl (C=O) groups excluding carboxylic acids is 1. The molecule has 0 bridgehead atoms. The van der Waals surface area contributed by atoms with Crippen molar-refractivity contribution in [1.29, 1.82) is 5.26 Å². The van der Waals surface area contributed by atoms with E-state index in [-0.39, 0.29) is 11.8 Å². The van der Waals surface area contributed by atoms with Gasteiger partial charge in [-0.25, -0.2) is 0 Å². The molecule has 3 heteroatoms. The minimum Gasteiger partial charge on any atom is -0.338 e. The van der Waals surface area contributed by atoms with Crippen LogP contribution in [0, 0.1) is 11.3 Å². The Morgan fingerprint density at radius 2 is 2.11 bits per heavy atom. The van der Waals surface area contributed by atoms with E-state index in [1.54, 1.807) is 0 Å². The van der Waals surface area contributed by atoms with Crippen molar-refractivity contribution in [2.24, 2.45) is 0 Å². The van der Waals surface area contributed by atoms with Gasteiger partial charge < -0.3 is 5.32 Å². The van der Waals surface area contributed by atoms with Gasteiger partial charge in [-0.15, -0.1) is 0 Å². The lowest BCUT2D eigenvalue weighted by atomic mass is 9.70. The zero-order valence-electron chi connectivity index (χ0n) is 10.6. The third kappa shape index (κ3) is 2.38. The molecule has 1 aliphatic rings. The van der Waals surface area contributed by atoms with E-state index in [1.807, 2.05) is 30.3 Å². The molecule has 1 aromatic carbocycles. The van der Waals surface area contributed by atoms with Crippen LogP contribution in [0.5, 0.6) is 0 Å². The normalized spacial score (nSPS) is 27.2. The highest BCUT2D eigenvalue weighted by Crippen LogP contribution is 2.40. The number of benzene rings is 1. The van der Waals surface area contributed by atoms with Gasteiger partial charge in [0.15, 0.2) is 0 Å². The first-order valence-electron chi connectivity index (χ1n) is 6.43. The average molecular weight is 242 g/mol. The predicted octanol–water partition coefficient (Wildman–Crippen LogP) is 2.74. The van der Waals surface area contributed by atoms with Crippen molar-refractivity contribution in [3.05, 3.63) is 35.9 Å². The molecule has 1 saturated carbocycles. The summed E-state index contributed by atoms with van der Waals surface area (Å²) in [4.78, 5) is 11.4. The number of carbonyl (C=O) groups is 1. The Labute approximate surface area is 108 Å². The number of hydrogen-bond donors (Lipinski definition) is 1. The van der Waals surface area contributed by atoms with Crippen molar-refractivity contribution in [3.63, 3.8) is 0 Å². The molecule has 2 atom stereocenters. The molecule has 2 rings (SSSR count). The summed E-state index contributed by atoms with van der Waals surface area (Å²) < 4.78 is 0. The minimum atomic E-state index is -0.731. The molecule has 0 aromatic heterocycles. The maximum atomic E-state index is 11.4. The van der Waals surface area contributed by atoms with Gasteiger partial charge in [0.1, 0.15) is 5.54 Å². The van der Waals surface area contributed by atoms with E-state index < -0.39 is 5.54 Å². The van der Waals surface area contributed by atoms with Gasteiger partial charge in [0.25, 0.3) is 0 Å². The number of nitriles is 1. The SMILES string of the molecule is CC(=O)N[C@@]1(C#N)CCCC[C@@H]1c1ccccc1. The van der Waals surface area contributed by atoms with E-state index in [1.165, 1.54) is 6.92 Å². The average Bonchev–Trinajstić information content (AvgIpc) is 2.39. The van der Waals surface area contributed by atoms with Gasteiger partial charge in [-0.2, -0.15) is 5.26 Å². The third-order valence-electron chi connectivity index (χ3n) is 3.71. The summed E-state index contributed by atoms with van der Waals surface area (Å²) in [5, 5.41) is 12.5. The van der Waals surface area contributed by atoms with E-state index in [9.17, 15) is 10.1 Å². The van der Waals surface area contributed by atoms with Gasteiger partial charge in [-0.05, 0) is 24.8 Å². The van der Waals surface area contributed by atoms with E-state index in [0.29, 0.717) is 0 Å². The number of nitrogens with zero attached hydrogens (tertiary/aromatic N) is 1. The molecule has 0 saturated heterocycles. The highest BCUT2D eigenvalue weighted by Gasteiger charge is 2.42. The zero-order chi connectivity index (χ0) is 13.0. The van der Waals surface area contributed by atoms with Gasteiger partial charge in [0, 0.05) is 12.8 Å². The first-order valence-corrected chi connectivity index (χ1v) is 6.43. The summed E-state index contributed by atoms with van der Waals surface area (Å²) in [6, 6.07) is 12.4. The Kier molecular flexibility index (Phi) is 3.66. The first kappa shape index (κ1) is 12.6. The van der Waals surface area contributed by atoms with Crippen LogP contribution in [-0.4, -0.2) is 11.4 Å². The van der Waals surface area contributed by atoms with E-state index in [4.69, 9.17) is 0 Å². The number of nitrogens with one attached hydrogen (secondary N) is 1. The molecular weight excluding hydrogens is 224 g/mol. The Morgan fingerprint density at radius 1 is 1.39 bits per heavy atom. The molecule has 1 amide bonds. The topological polar surface area (TPSA) is 52.9 Å². The smallest absolute Gasteiger partial charge is 0.218 e. The molecule has 0 aliphatic heterocycles. The van der Waals surface area contributed by atoms with E-state index in [0.717, 1.165) is 31.2 Å². The summed E-state index contributed by atoms with van der Waals surface area (Å²) in [5.74, 6) is -0.0271. The highest BCUT2D eigenvalue weighted by molar-refractivity contribution is 5.74. The van der Waals surface area contributed by atoms with Crippen LogP contribution in [0.4, 0.5) is 0 Å². The van der Waals surface area contributed by atoms with E-state index >= 15 is 0 Å². The monoisotopic (exact) mass is 242 g/mol. The van der Waals surface area contributed by atoms with Crippen LogP contribution in [-0.2, 0) is 4.79 Å². The summed E-state index contributed by atoms with van der Waals surface area (Å²) in [6.45, 7) is 1.48. The van der Waals surface area contributed by atoms with Crippen molar-refractivity contribution < 1.29 is 4.79 Å². The summed E-state index contributed by atoms with van der Waals surface area (Å²) in [7, 11) is 0. The lowest BCUT2D eigenvalue weighted by molar-refractivity contribution is -0.120. The maximum Gasteiger partial charge on any atom is 0.218 e. The Hall–Kier alpha value is -1.82. The Balaban J connectivity index is 2.36. The number of rotatable bonds is 2. The molecule has 0 radical (unpaired) electrons. The van der Waals surface area contributed by atoms with Crippen molar-refractivity contribution in [2.75, 3.05) is 0 Å². The standard InChI is InChI=1S/C15H18N2O/c1-12(18)17-15(11-16)10-6-5-9-14(15)13-7-3-2-4-8-13/h2-4,7-8,14H,5-6,9-10H2,1H3,(H,17,18)/t14-,15-/m1/s1. The molecule has 18 heavy (non-hydrogen) atoms. The Morgan fingerprint density at radius 3 is 2.72 bits per heavy atom. The summed E-state index contributed by atoms with van der Waals surface area (Å²) in [5.41, 5.74) is 0.415. The van der Waals surface area contributed by atoms with Crippen LogP contribution in [0.2, 0.25) is 0 Å². The molecule has 0 spiro atoms. The molecule has 0 heterocycles. The molecular formula is C15H18N2O. The maximum absolute atomic E-state index is 11.4. The van der Waals surface area contributed by atoms with Crippen LogP contribution < -0.4 is 5.32 Å². The zero-order valence-corrected chi connectivity index (χ0v) is 10.6. The van der Waals surface area contributed by atoms with Crippen LogP contribution >= 0.6 is 0 Å². The largest absolute Gasteiger partial charge is 0.338 e. The van der Waals surface area contributed by atoms with Crippen molar-refractivity contribution >= 4 is 5.91 Å². The van der Waals surface area contributed by atoms with Gasteiger partial charge >= 0.3 is 0 Å². The third-order valence-corrected chi connectivity index (χ3v) is 3.71. The fraction of sp³-hybridized carbons (Fsp3) is 0.467. The van der Waals surface area contributed by atoms with Gasteiger partial charge in [0.05, 0.1) is 6.07 Å². The van der Waals surface area contributed by atoms with Crippen LogP contribution in [0.1, 0.15) is 44.1 Å². The van der Waals surface area contributed by atoms with Gasteiger partial charge in [0.2, 0.25) is 5.91 Å². The fourth-order valence-corrected chi connectivity index (χ4v) is 2.93. The fourth-order valence-electron chi connectivity index (χ4n) is 2.93. The second-order valence-electron chi connectivity index (χ2n) is 4.97. The lowest BCUT2D eigenvalue weighted by Crippen LogP contribution is -2.52. The molecule has 94 valence electrons. The van der Waals surface area contributed by atoms with Crippen molar-refractivity contribution in [2.45, 2.75) is 44.1 Å². The van der Waals surface area contributed by atoms with Crippen LogP contribution in [0.3, 0.4) is 0 Å². The van der Waals surface area contributed by atoms with Crippen LogP contribution in [0.25, 0.3) is 0 Å². The summed E-state index contributed by atoms with van der Waals surface area (Å²) in [6.07, 6.45) is 3.81. The van der Waals surface area contributed by atoms with Crippen molar-refractivity contribution in [1.82, 2.24) is 5.32 Å². The van der Waals surface area contributed by atoms with E-state index in [2.05, 4.69) is 11.4 Å². The molecule has 1 aliphatic carbocycles. The minimum absolute atomic E-state index is 0.0985. The quantitative estimate of drug-likeness (QED) is 0.867. The molecule has 3 nitrogen and oxygen atoms in total. The molecule has 1 aromatic rings.